The van der Waals surface area contributed by atoms with Crippen LogP contribution in [0.3, 0.4) is 0 Å². The van der Waals surface area contributed by atoms with Gasteiger partial charge in [-0.3, -0.25) is 4.79 Å². The molecule has 0 aromatic carbocycles. The summed E-state index contributed by atoms with van der Waals surface area (Å²) in [6.45, 7) is 6.46. The van der Waals surface area contributed by atoms with Crippen LogP contribution >= 0.6 is 0 Å². The molecule has 2 aliphatic heterocycles. The summed E-state index contributed by atoms with van der Waals surface area (Å²) < 4.78 is 5.64. The SMILES string of the molecule is CC1CN(C(=O)N2CCCC(CC(=O)O)C2)CC(C)O1. The second-order valence-corrected chi connectivity index (χ2v) is 6.00. The van der Waals surface area contributed by atoms with Gasteiger partial charge in [0.15, 0.2) is 0 Å². The van der Waals surface area contributed by atoms with Gasteiger partial charge >= 0.3 is 12.0 Å². The molecule has 2 amide bonds. The Morgan fingerprint density at radius 3 is 2.40 bits per heavy atom. The first-order valence-corrected chi connectivity index (χ1v) is 7.36. The smallest absolute Gasteiger partial charge is 0.320 e. The number of carbonyl (C=O) groups is 2. The van der Waals surface area contributed by atoms with Gasteiger partial charge in [0.1, 0.15) is 0 Å². The molecule has 0 spiro atoms. The highest BCUT2D eigenvalue weighted by Gasteiger charge is 2.32. The number of piperidine rings is 1. The number of likely N-dealkylation sites (tertiary alicyclic amines) is 1. The maximum Gasteiger partial charge on any atom is 0.320 e. The molecular formula is C14H24N2O4. The Labute approximate surface area is 119 Å². The number of morpholine rings is 1. The normalized spacial score (nSPS) is 31.2. The van der Waals surface area contributed by atoms with E-state index in [2.05, 4.69) is 0 Å². The summed E-state index contributed by atoms with van der Waals surface area (Å²) in [6, 6.07) is 0.0297. The first-order chi connectivity index (χ1) is 9.45. The van der Waals surface area contributed by atoms with Gasteiger partial charge in [-0.05, 0) is 32.6 Å². The van der Waals surface area contributed by atoms with Crippen molar-refractivity contribution < 1.29 is 19.4 Å². The highest BCUT2D eigenvalue weighted by Crippen LogP contribution is 2.22. The van der Waals surface area contributed by atoms with E-state index in [9.17, 15) is 9.59 Å². The fourth-order valence-corrected chi connectivity index (χ4v) is 3.19. The van der Waals surface area contributed by atoms with Crippen LogP contribution in [0.1, 0.15) is 33.1 Å². The molecule has 6 heteroatoms. The summed E-state index contributed by atoms with van der Waals surface area (Å²) in [7, 11) is 0. The van der Waals surface area contributed by atoms with Crippen LogP contribution in [0.15, 0.2) is 0 Å². The second kappa shape index (κ2) is 6.43. The number of hydrogen-bond donors (Lipinski definition) is 1. The molecule has 2 fully saturated rings. The molecule has 0 radical (unpaired) electrons. The highest BCUT2D eigenvalue weighted by atomic mass is 16.5. The number of rotatable bonds is 2. The van der Waals surface area contributed by atoms with Crippen LogP contribution in [-0.4, -0.2) is 65.3 Å². The second-order valence-electron chi connectivity index (χ2n) is 6.00. The van der Waals surface area contributed by atoms with Crippen LogP contribution in [0.5, 0.6) is 0 Å². The van der Waals surface area contributed by atoms with Crippen LogP contribution in [0.25, 0.3) is 0 Å². The summed E-state index contributed by atoms with van der Waals surface area (Å²) in [5, 5.41) is 8.88. The van der Waals surface area contributed by atoms with E-state index in [1.165, 1.54) is 0 Å². The summed E-state index contributed by atoms with van der Waals surface area (Å²) in [4.78, 5) is 27.0. The first-order valence-electron chi connectivity index (χ1n) is 7.36. The Balaban J connectivity index is 1.92. The van der Waals surface area contributed by atoms with Gasteiger partial charge in [0.05, 0.1) is 12.2 Å². The molecule has 6 nitrogen and oxygen atoms in total. The molecule has 3 atom stereocenters. The number of hydrogen-bond acceptors (Lipinski definition) is 3. The lowest BCUT2D eigenvalue weighted by Crippen LogP contribution is -2.54. The zero-order chi connectivity index (χ0) is 14.7. The number of nitrogens with zero attached hydrogens (tertiary/aromatic N) is 2. The van der Waals surface area contributed by atoms with Gasteiger partial charge in [0.2, 0.25) is 0 Å². The van der Waals surface area contributed by atoms with Crippen molar-refractivity contribution in [2.45, 2.75) is 45.3 Å². The molecule has 114 valence electrons. The third kappa shape index (κ3) is 3.85. The Hall–Kier alpha value is -1.30. The Bertz CT molecular complexity index is 364. The van der Waals surface area contributed by atoms with Crippen LogP contribution in [0, 0.1) is 5.92 Å². The third-order valence-corrected chi connectivity index (χ3v) is 3.94. The molecule has 2 rings (SSSR count). The summed E-state index contributed by atoms with van der Waals surface area (Å²) in [6.07, 6.45) is 2.05. The predicted octanol–water partition coefficient (Wildman–Crippen LogP) is 1.40. The fourth-order valence-electron chi connectivity index (χ4n) is 3.19. The first kappa shape index (κ1) is 15.1. The van der Waals surface area contributed by atoms with E-state index in [0.717, 1.165) is 19.4 Å². The number of carbonyl (C=O) groups excluding carboxylic acids is 1. The van der Waals surface area contributed by atoms with Crippen molar-refractivity contribution >= 4 is 12.0 Å². The van der Waals surface area contributed by atoms with Crippen molar-refractivity contribution in [2.75, 3.05) is 26.2 Å². The summed E-state index contributed by atoms with van der Waals surface area (Å²) in [5.41, 5.74) is 0. The Morgan fingerprint density at radius 1 is 1.15 bits per heavy atom. The van der Waals surface area contributed by atoms with Gasteiger partial charge in [-0.2, -0.15) is 0 Å². The number of carboxylic acids is 1. The van der Waals surface area contributed by atoms with Gasteiger partial charge in [0, 0.05) is 32.6 Å². The van der Waals surface area contributed by atoms with Crippen molar-refractivity contribution in [2.24, 2.45) is 5.92 Å². The number of ether oxygens (including phenoxy) is 1. The van der Waals surface area contributed by atoms with Gasteiger partial charge < -0.3 is 19.6 Å². The molecule has 1 N–H and O–H groups in total. The van der Waals surface area contributed by atoms with E-state index in [-0.39, 0.29) is 30.6 Å². The third-order valence-electron chi connectivity index (χ3n) is 3.94. The zero-order valence-corrected chi connectivity index (χ0v) is 12.2. The topological polar surface area (TPSA) is 70.1 Å². The molecule has 0 saturated carbocycles. The van der Waals surface area contributed by atoms with Gasteiger partial charge in [-0.15, -0.1) is 0 Å². The van der Waals surface area contributed by atoms with Crippen LogP contribution in [0.2, 0.25) is 0 Å². The lowest BCUT2D eigenvalue weighted by molar-refractivity contribution is -0.138. The van der Waals surface area contributed by atoms with Crippen molar-refractivity contribution in [1.29, 1.82) is 0 Å². The highest BCUT2D eigenvalue weighted by molar-refractivity contribution is 5.75. The molecule has 3 unspecified atom stereocenters. The monoisotopic (exact) mass is 284 g/mol. The standard InChI is InChI=1S/C14H24N2O4/c1-10-7-16(8-11(2)20-10)14(19)15-5-3-4-12(9-15)6-13(17)18/h10-12H,3-9H2,1-2H3,(H,17,18). The number of aliphatic carboxylic acids is 1. The van der Waals surface area contributed by atoms with Gasteiger partial charge in [-0.25, -0.2) is 4.79 Å². The maximum atomic E-state index is 12.5. The molecular weight excluding hydrogens is 260 g/mol. The number of urea groups is 1. The molecule has 20 heavy (non-hydrogen) atoms. The van der Waals surface area contributed by atoms with Gasteiger partial charge in [0.25, 0.3) is 0 Å². The van der Waals surface area contributed by atoms with E-state index < -0.39 is 5.97 Å². The maximum absolute atomic E-state index is 12.5. The van der Waals surface area contributed by atoms with Gasteiger partial charge in [-0.1, -0.05) is 0 Å². The van der Waals surface area contributed by atoms with E-state index in [4.69, 9.17) is 9.84 Å². The van der Waals surface area contributed by atoms with Crippen molar-refractivity contribution in [3.05, 3.63) is 0 Å². The molecule has 0 bridgehead atoms. The zero-order valence-electron chi connectivity index (χ0n) is 12.2. The predicted molar refractivity (Wildman–Crippen MR) is 73.5 cm³/mol. The molecule has 2 heterocycles. The Morgan fingerprint density at radius 2 is 1.80 bits per heavy atom. The van der Waals surface area contributed by atoms with Crippen molar-refractivity contribution in [3.8, 4) is 0 Å². The lowest BCUT2D eigenvalue weighted by atomic mass is 9.95. The molecule has 0 aromatic heterocycles. The van der Waals surface area contributed by atoms with Crippen LogP contribution < -0.4 is 0 Å². The average molecular weight is 284 g/mol. The average Bonchev–Trinajstić information content (AvgIpc) is 2.36. The number of amides is 2. The van der Waals surface area contributed by atoms with E-state index >= 15 is 0 Å². The van der Waals surface area contributed by atoms with E-state index in [1.807, 2.05) is 23.6 Å². The Kier molecular flexibility index (Phi) is 4.86. The van der Waals surface area contributed by atoms with Crippen molar-refractivity contribution in [3.63, 3.8) is 0 Å². The van der Waals surface area contributed by atoms with Crippen molar-refractivity contribution in [1.82, 2.24) is 9.80 Å². The fraction of sp³-hybridized carbons (Fsp3) is 0.857. The van der Waals surface area contributed by atoms with Crippen LogP contribution in [0.4, 0.5) is 4.79 Å². The molecule has 0 aromatic rings. The minimum atomic E-state index is -0.780. The minimum Gasteiger partial charge on any atom is -0.481 e. The largest absolute Gasteiger partial charge is 0.481 e. The molecule has 2 aliphatic rings. The summed E-state index contributed by atoms with van der Waals surface area (Å²) in [5.74, 6) is -0.695. The van der Waals surface area contributed by atoms with Crippen LogP contribution in [-0.2, 0) is 9.53 Å². The molecule has 2 saturated heterocycles. The quantitative estimate of drug-likeness (QED) is 0.832. The van der Waals surface area contributed by atoms with E-state index in [1.54, 1.807) is 0 Å². The lowest BCUT2D eigenvalue weighted by Gasteiger charge is -2.40. The summed E-state index contributed by atoms with van der Waals surface area (Å²) >= 11 is 0. The minimum absolute atomic E-state index is 0.0297. The van der Waals surface area contributed by atoms with E-state index in [0.29, 0.717) is 19.6 Å². The molecule has 0 aliphatic carbocycles. The number of carboxylic acid groups (broad SMARTS) is 1.